The highest BCUT2D eigenvalue weighted by molar-refractivity contribution is 7.92. The zero-order chi connectivity index (χ0) is 22.9. The fraction of sp³-hybridized carbons (Fsp3) is 0.130. The number of nitrogens with one attached hydrogen (secondary N) is 2. The van der Waals surface area contributed by atoms with E-state index in [-0.39, 0.29) is 17.0 Å². The molecule has 164 valence electrons. The zero-order valence-corrected chi connectivity index (χ0v) is 18.7. The highest BCUT2D eigenvalue weighted by Crippen LogP contribution is 2.32. The summed E-state index contributed by atoms with van der Waals surface area (Å²) >= 11 is 5.96. The number of benzene rings is 2. The fourth-order valence-electron chi connectivity index (χ4n) is 3.43. The van der Waals surface area contributed by atoms with Crippen molar-refractivity contribution in [1.82, 2.24) is 9.97 Å². The van der Waals surface area contributed by atoms with E-state index in [1.807, 2.05) is 18.2 Å². The minimum Gasteiger partial charge on any atom is -0.505 e. The van der Waals surface area contributed by atoms with Gasteiger partial charge in [0, 0.05) is 33.9 Å². The number of aromatic hydroxyl groups is 1. The van der Waals surface area contributed by atoms with Crippen LogP contribution in [0.25, 0.3) is 22.2 Å². The summed E-state index contributed by atoms with van der Waals surface area (Å²) in [6.45, 7) is 1.74. The van der Waals surface area contributed by atoms with E-state index in [0.717, 1.165) is 11.1 Å². The Morgan fingerprint density at radius 3 is 2.59 bits per heavy atom. The van der Waals surface area contributed by atoms with Crippen molar-refractivity contribution in [3.63, 3.8) is 0 Å². The summed E-state index contributed by atoms with van der Waals surface area (Å²) in [6.07, 6.45) is 3.64. The summed E-state index contributed by atoms with van der Waals surface area (Å²) in [6, 6.07) is 13.5. The number of para-hydroxylation sites is 1. The van der Waals surface area contributed by atoms with Gasteiger partial charge in [-0.1, -0.05) is 36.7 Å². The van der Waals surface area contributed by atoms with E-state index < -0.39 is 21.6 Å². The molecule has 0 saturated heterocycles. The third-order valence-electron chi connectivity index (χ3n) is 4.97. The van der Waals surface area contributed by atoms with Crippen LogP contribution in [0.4, 0.5) is 5.69 Å². The van der Waals surface area contributed by atoms with E-state index in [4.69, 9.17) is 11.6 Å². The van der Waals surface area contributed by atoms with Gasteiger partial charge >= 0.3 is 0 Å². The van der Waals surface area contributed by atoms with Crippen LogP contribution in [-0.4, -0.2) is 35.0 Å². The lowest BCUT2D eigenvalue weighted by Gasteiger charge is -2.11. The van der Waals surface area contributed by atoms with Crippen LogP contribution >= 0.6 is 11.6 Å². The van der Waals surface area contributed by atoms with E-state index >= 15 is 0 Å². The molecule has 0 radical (unpaired) electrons. The normalized spacial score (nSPS) is 11.6. The second kappa shape index (κ2) is 8.64. The van der Waals surface area contributed by atoms with Crippen LogP contribution in [0.5, 0.6) is 5.75 Å². The van der Waals surface area contributed by atoms with Crippen LogP contribution in [0.2, 0.25) is 5.02 Å². The van der Waals surface area contributed by atoms with Crippen LogP contribution in [0, 0.1) is 0 Å². The predicted molar refractivity (Wildman–Crippen MR) is 126 cm³/mol. The summed E-state index contributed by atoms with van der Waals surface area (Å²) in [5, 5.41) is 11.8. The van der Waals surface area contributed by atoms with Crippen molar-refractivity contribution in [3.8, 4) is 16.9 Å². The first-order chi connectivity index (χ1) is 15.3. The second-order valence-electron chi connectivity index (χ2n) is 7.28. The largest absolute Gasteiger partial charge is 0.505 e. The summed E-state index contributed by atoms with van der Waals surface area (Å²) in [5.74, 6) is -0.972. The molecule has 0 bridgehead atoms. The number of phenolic OH excluding ortho intramolecular Hbond substituents is 1. The molecule has 32 heavy (non-hydrogen) atoms. The number of rotatable bonds is 7. The smallest absolute Gasteiger partial charge is 0.232 e. The highest BCUT2D eigenvalue weighted by atomic mass is 35.5. The minimum absolute atomic E-state index is 0.0144. The number of pyridine rings is 1. The summed E-state index contributed by atoms with van der Waals surface area (Å²) in [7, 11) is -3.62. The van der Waals surface area contributed by atoms with Gasteiger partial charge in [-0.05, 0) is 42.3 Å². The number of hydrogen-bond acceptors (Lipinski definition) is 5. The molecule has 2 aromatic heterocycles. The van der Waals surface area contributed by atoms with Gasteiger partial charge in [0.2, 0.25) is 10.0 Å². The average molecular weight is 470 g/mol. The summed E-state index contributed by atoms with van der Waals surface area (Å²) in [5.41, 5.74) is 2.47. The Morgan fingerprint density at radius 1 is 1.12 bits per heavy atom. The number of aromatic amines is 1. The molecular weight excluding hydrogens is 450 g/mol. The van der Waals surface area contributed by atoms with Gasteiger partial charge in [0.05, 0.1) is 17.0 Å². The number of H-pyrrole nitrogens is 1. The molecule has 2 heterocycles. The van der Waals surface area contributed by atoms with Gasteiger partial charge in [0.15, 0.2) is 11.5 Å². The number of ketones is 1. The van der Waals surface area contributed by atoms with Crippen molar-refractivity contribution in [3.05, 3.63) is 77.1 Å². The molecule has 4 aromatic rings. The standard InChI is InChI=1S/C23H20ClN3O4S/c1-2-10-32(30,31)27-20-5-3-4-17(22(20)29)21(28)19-13-26-23-18(19)11-15(12-25-23)14-6-8-16(24)9-7-14/h3-9,11-13,27,29H,2,10H2,1H3,(H,25,26). The third kappa shape index (κ3) is 4.32. The van der Waals surface area contributed by atoms with Crippen molar-refractivity contribution >= 4 is 44.1 Å². The molecule has 0 atom stereocenters. The quantitative estimate of drug-likeness (QED) is 0.261. The molecule has 3 N–H and O–H groups in total. The lowest BCUT2D eigenvalue weighted by atomic mass is 10.00. The van der Waals surface area contributed by atoms with Gasteiger partial charge in [0.1, 0.15) is 5.65 Å². The third-order valence-corrected chi connectivity index (χ3v) is 6.70. The number of aromatic nitrogens is 2. The number of anilines is 1. The number of carbonyl (C=O) groups is 1. The lowest BCUT2D eigenvalue weighted by Crippen LogP contribution is -2.16. The van der Waals surface area contributed by atoms with Crippen LogP contribution in [0.3, 0.4) is 0 Å². The topological polar surface area (TPSA) is 112 Å². The van der Waals surface area contributed by atoms with E-state index in [9.17, 15) is 18.3 Å². The first kappa shape index (κ1) is 21.9. The molecule has 7 nitrogen and oxygen atoms in total. The van der Waals surface area contributed by atoms with Crippen LogP contribution in [0.1, 0.15) is 29.3 Å². The Hall–Kier alpha value is -3.36. The van der Waals surface area contributed by atoms with Gasteiger partial charge < -0.3 is 10.1 Å². The fourth-order valence-corrected chi connectivity index (χ4v) is 4.70. The molecule has 4 rings (SSSR count). The number of carbonyl (C=O) groups excluding carboxylic acids is 1. The van der Waals surface area contributed by atoms with Crippen LogP contribution in [-0.2, 0) is 10.0 Å². The van der Waals surface area contributed by atoms with E-state index in [0.29, 0.717) is 28.0 Å². The molecule has 0 fully saturated rings. The first-order valence-corrected chi connectivity index (χ1v) is 11.9. The molecule has 0 unspecified atom stereocenters. The van der Waals surface area contributed by atoms with E-state index in [1.165, 1.54) is 24.4 Å². The van der Waals surface area contributed by atoms with Gasteiger partial charge in [-0.2, -0.15) is 0 Å². The van der Waals surface area contributed by atoms with E-state index in [1.54, 1.807) is 25.3 Å². The average Bonchev–Trinajstić information content (AvgIpc) is 3.18. The number of fused-ring (bicyclic) bond motifs is 1. The highest BCUT2D eigenvalue weighted by Gasteiger charge is 2.21. The lowest BCUT2D eigenvalue weighted by molar-refractivity contribution is 0.103. The van der Waals surface area contributed by atoms with Crippen molar-refractivity contribution in [2.45, 2.75) is 13.3 Å². The molecular formula is C23H20ClN3O4S. The number of hydrogen-bond donors (Lipinski definition) is 3. The van der Waals surface area contributed by atoms with Crippen molar-refractivity contribution < 1.29 is 18.3 Å². The SMILES string of the molecule is CCCS(=O)(=O)Nc1cccc(C(=O)c2c[nH]c3ncc(-c4ccc(Cl)cc4)cc23)c1O. The van der Waals surface area contributed by atoms with Crippen molar-refractivity contribution in [1.29, 1.82) is 0 Å². The molecule has 0 aliphatic carbocycles. The van der Waals surface area contributed by atoms with Gasteiger partial charge in [-0.25, -0.2) is 13.4 Å². The number of halogens is 1. The zero-order valence-electron chi connectivity index (χ0n) is 17.1. The molecule has 0 aliphatic heterocycles. The second-order valence-corrected chi connectivity index (χ2v) is 9.56. The molecule has 0 spiro atoms. The molecule has 2 aromatic carbocycles. The maximum atomic E-state index is 13.3. The number of sulfonamides is 1. The minimum atomic E-state index is -3.62. The summed E-state index contributed by atoms with van der Waals surface area (Å²) in [4.78, 5) is 20.6. The molecule has 9 heteroatoms. The maximum Gasteiger partial charge on any atom is 0.232 e. The number of phenols is 1. The Labute approximate surface area is 190 Å². The number of nitrogens with zero attached hydrogens (tertiary/aromatic N) is 1. The van der Waals surface area contributed by atoms with Gasteiger partial charge in [-0.3, -0.25) is 9.52 Å². The van der Waals surface area contributed by atoms with Gasteiger partial charge in [-0.15, -0.1) is 0 Å². The molecule has 0 saturated carbocycles. The Kier molecular flexibility index (Phi) is 5.90. The van der Waals surface area contributed by atoms with Crippen molar-refractivity contribution in [2.24, 2.45) is 0 Å². The van der Waals surface area contributed by atoms with Crippen molar-refractivity contribution in [2.75, 3.05) is 10.5 Å². The Balaban J connectivity index is 1.73. The monoisotopic (exact) mass is 469 g/mol. The summed E-state index contributed by atoms with van der Waals surface area (Å²) < 4.78 is 26.5. The molecule has 0 amide bonds. The molecule has 0 aliphatic rings. The first-order valence-electron chi connectivity index (χ1n) is 9.89. The van der Waals surface area contributed by atoms with Gasteiger partial charge in [0.25, 0.3) is 0 Å². The Bertz CT molecular complexity index is 1410. The van der Waals surface area contributed by atoms with E-state index in [2.05, 4.69) is 14.7 Å². The maximum absolute atomic E-state index is 13.3. The van der Waals surface area contributed by atoms with Crippen LogP contribution < -0.4 is 4.72 Å². The Morgan fingerprint density at radius 2 is 1.88 bits per heavy atom. The van der Waals surface area contributed by atoms with Crippen LogP contribution in [0.15, 0.2) is 60.9 Å². The predicted octanol–water partition coefficient (Wildman–Crippen LogP) is 4.97.